The topological polar surface area (TPSA) is 83.6 Å². The summed E-state index contributed by atoms with van der Waals surface area (Å²) in [4.78, 5) is 10.8. The monoisotopic (exact) mass is 323 g/mol. The van der Waals surface area contributed by atoms with E-state index in [1.165, 1.54) is 6.07 Å². The number of carboxylic acid groups (broad SMARTS) is 1. The van der Waals surface area contributed by atoms with Crippen LogP contribution < -0.4 is 0 Å². The molecule has 1 aliphatic rings. The zero-order chi connectivity index (χ0) is 13.6. The number of carboxylic acids is 1. The lowest BCUT2D eigenvalue weighted by atomic mass is 10.0. The van der Waals surface area contributed by atoms with Crippen LogP contribution in [0.25, 0.3) is 11.3 Å². The number of phenolic OH excluding ortho intramolecular Hbond substituents is 1. The van der Waals surface area contributed by atoms with Crippen LogP contribution in [0.3, 0.4) is 0 Å². The Morgan fingerprint density at radius 2 is 2.16 bits per heavy atom. The summed E-state index contributed by atoms with van der Waals surface area (Å²) in [7, 11) is 0. The number of hydrogen-bond donors (Lipinski definition) is 2. The van der Waals surface area contributed by atoms with Crippen LogP contribution in [0.15, 0.2) is 21.1 Å². The molecule has 98 valence electrons. The summed E-state index contributed by atoms with van der Waals surface area (Å²) in [5, 5.41) is 22.5. The lowest BCUT2D eigenvalue weighted by Gasteiger charge is -2.09. The van der Waals surface area contributed by atoms with Crippen LogP contribution in [0, 0.1) is 0 Å². The Balaban J connectivity index is 2.14. The average molecular weight is 324 g/mol. The summed E-state index contributed by atoms with van der Waals surface area (Å²) in [5.74, 6) is -0.839. The number of fused-ring (bicyclic) bond motifs is 1. The van der Waals surface area contributed by atoms with E-state index in [2.05, 4.69) is 21.1 Å². The Hall–Kier alpha value is -1.82. The molecular weight excluding hydrogens is 314 g/mol. The van der Waals surface area contributed by atoms with Gasteiger partial charge in [0.2, 0.25) is 0 Å². The normalized spacial score (nSPS) is 13.5. The number of aromatic hydroxyl groups is 1. The molecule has 2 aromatic rings. The molecule has 1 aromatic carbocycles. The van der Waals surface area contributed by atoms with Crippen LogP contribution in [0.4, 0.5) is 0 Å². The highest BCUT2D eigenvalue weighted by molar-refractivity contribution is 9.10. The molecule has 1 aromatic heterocycles. The molecule has 1 heterocycles. The van der Waals surface area contributed by atoms with Crippen molar-refractivity contribution in [3.05, 3.63) is 33.4 Å². The molecule has 19 heavy (non-hydrogen) atoms. The van der Waals surface area contributed by atoms with Gasteiger partial charge in [-0.2, -0.15) is 0 Å². The average Bonchev–Trinajstić information content (AvgIpc) is 3.01. The highest BCUT2D eigenvalue weighted by Gasteiger charge is 2.23. The first kappa shape index (κ1) is 12.2. The van der Waals surface area contributed by atoms with Crippen molar-refractivity contribution in [1.29, 1.82) is 0 Å². The first-order chi connectivity index (χ1) is 9.08. The van der Waals surface area contributed by atoms with E-state index in [4.69, 9.17) is 9.63 Å². The summed E-state index contributed by atoms with van der Waals surface area (Å²) in [5.41, 5.74) is 2.55. The van der Waals surface area contributed by atoms with Crippen LogP contribution in [-0.2, 0) is 12.8 Å². The van der Waals surface area contributed by atoms with E-state index >= 15 is 0 Å². The minimum Gasteiger partial charge on any atom is -0.506 e. The number of rotatable bonds is 2. The highest BCUT2D eigenvalue weighted by Crippen LogP contribution is 2.42. The molecule has 0 unspecified atom stereocenters. The fourth-order valence-corrected chi connectivity index (χ4v) is 3.04. The van der Waals surface area contributed by atoms with Crippen molar-refractivity contribution in [2.45, 2.75) is 19.3 Å². The molecule has 0 atom stereocenters. The molecule has 0 radical (unpaired) electrons. The Bertz CT molecular complexity index is 678. The van der Waals surface area contributed by atoms with Gasteiger partial charge in [0.25, 0.3) is 0 Å². The maximum absolute atomic E-state index is 10.8. The van der Waals surface area contributed by atoms with E-state index in [1.54, 1.807) is 0 Å². The second kappa shape index (κ2) is 4.38. The van der Waals surface area contributed by atoms with Crippen molar-refractivity contribution >= 4 is 21.9 Å². The summed E-state index contributed by atoms with van der Waals surface area (Å²) in [6.45, 7) is 0. The van der Waals surface area contributed by atoms with E-state index in [1.807, 2.05) is 6.07 Å². The maximum Gasteiger partial charge on any atom is 0.358 e. The van der Waals surface area contributed by atoms with Crippen LogP contribution in [-0.4, -0.2) is 21.3 Å². The number of phenols is 1. The van der Waals surface area contributed by atoms with E-state index in [-0.39, 0.29) is 17.2 Å². The molecule has 0 amide bonds. The number of hydrogen-bond acceptors (Lipinski definition) is 4. The fourth-order valence-electron chi connectivity index (χ4n) is 2.37. The minimum atomic E-state index is -1.16. The number of halogens is 1. The SMILES string of the molecule is O=C(O)c1cc(-c2cc3c(c(Br)c2O)CCC3)on1. The lowest BCUT2D eigenvalue weighted by molar-refractivity contribution is 0.0686. The van der Waals surface area contributed by atoms with Crippen LogP contribution in [0.1, 0.15) is 28.0 Å². The van der Waals surface area contributed by atoms with Gasteiger partial charge in [-0.15, -0.1) is 0 Å². The van der Waals surface area contributed by atoms with Crippen molar-refractivity contribution < 1.29 is 19.5 Å². The summed E-state index contributed by atoms with van der Waals surface area (Å²) in [6, 6.07) is 3.15. The van der Waals surface area contributed by atoms with Crippen LogP contribution in [0.5, 0.6) is 5.75 Å². The number of aryl methyl sites for hydroxylation is 1. The smallest absolute Gasteiger partial charge is 0.358 e. The van der Waals surface area contributed by atoms with Gasteiger partial charge in [0.1, 0.15) is 5.75 Å². The molecule has 3 rings (SSSR count). The molecule has 0 saturated heterocycles. The number of nitrogens with zero attached hydrogens (tertiary/aromatic N) is 1. The van der Waals surface area contributed by atoms with Crippen molar-refractivity contribution in [3.8, 4) is 17.1 Å². The van der Waals surface area contributed by atoms with Crippen LogP contribution in [0.2, 0.25) is 0 Å². The largest absolute Gasteiger partial charge is 0.506 e. The number of aromatic nitrogens is 1. The number of aromatic carboxylic acids is 1. The van der Waals surface area contributed by atoms with E-state index in [0.717, 1.165) is 30.4 Å². The molecule has 0 bridgehead atoms. The van der Waals surface area contributed by atoms with Crippen LogP contribution >= 0.6 is 15.9 Å². The molecule has 6 heteroatoms. The third-order valence-electron chi connectivity index (χ3n) is 3.30. The van der Waals surface area contributed by atoms with E-state index in [0.29, 0.717) is 10.0 Å². The van der Waals surface area contributed by atoms with Crippen molar-refractivity contribution in [2.24, 2.45) is 0 Å². The van der Waals surface area contributed by atoms with Gasteiger partial charge in [0.15, 0.2) is 11.5 Å². The Morgan fingerprint density at radius 3 is 2.84 bits per heavy atom. The van der Waals surface area contributed by atoms with Gasteiger partial charge < -0.3 is 14.7 Å². The van der Waals surface area contributed by atoms with Gasteiger partial charge in [0, 0.05) is 6.07 Å². The van der Waals surface area contributed by atoms with Gasteiger partial charge in [-0.3, -0.25) is 0 Å². The van der Waals surface area contributed by atoms with Gasteiger partial charge in [-0.25, -0.2) is 4.79 Å². The molecular formula is C13H10BrNO4. The summed E-state index contributed by atoms with van der Waals surface area (Å²) >= 11 is 3.39. The second-order valence-corrected chi connectivity index (χ2v) is 5.25. The number of carbonyl (C=O) groups is 1. The van der Waals surface area contributed by atoms with Crippen molar-refractivity contribution in [1.82, 2.24) is 5.16 Å². The molecule has 0 aliphatic heterocycles. The molecule has 0 saturated carbocycles. The molecule has 0 spiro atoms. The van der Waals surface area contributed by atoms with Gasteiger partial charge in [0.05, 0.1) is 10.0 Å². The summed E-state index contributed by atoms with van der Waals surface area (Å²) < 4.78 is 5.65. The molecule has 2 N–H and O–H groups in total. The summed E-state index contributed by atoms with van der Waals surface area (Å²) in [6.07, 6.45) is 2.93. The molecule has 1 aliphatic carbocycles. The Morgan fingerprint density at radius 1 is 1.37 bits per heavy atom. The molecule has 0 fully saturated rings. The van der Waals surface area contributed by atoms with Crippen molar-refractivity contribution in [2.75, 3.05) is 0 Å². The van der Waals surface area contributed by atoms with E-state index in [9.17, 15) is 9.90 Å². The zero-order valence-electron chi connectivity index (χ0n) is 9.81. The Kier molecular flexibility index (Phi) is 2.82. The third-order valence-corrected chi connectivity index (χ3v) is 4.16. The first-order valence-corrected chi connectivity index (χ1v) is 6.61. The standard InChI is InChI=1S/C13H10BrNO4/c14-11-7-3-1-2-6(7)4-8(12(11)16)10-5-9(13(17)18)15-19-10/h4-5,16H,1-3H2,(H,17,18). The fraction of sp³-hybridized carbons (Fsp3) is 0.231. The lowest BCUT2D eigenvalue weighted by Crippen LogP contribution is -1.94. The number of benzene rings is 1. The third kappa shape index (κ3) is 1.92. The first-order valence-electron chi connectivity index (χ1n) is 5.81. The highest BCUT2D eigenvalue weighted by atomic mass is 79.9. The minimum absolute atomic E-state index is 0.0636. The predicted octanol–water partition coefficient (Wildman–Crippen LogP) is 3.00. The van der Waals surface area contributed by atoms with Gasteiger partial charge in [-0.05, 0) is 52.4 Å². The Labute approximate surface area is 117 Å². The molecule has 5 nitrogen and oxygen atoms in total. The predicted molar refractivity (Wildman–Crippen MR) is 70.3 cm³/mol. The van der Waals surface area contributed by atoms with Gasteiger partial charge in [-0.1, -0.05) is 5.16 Å². The zero-order valence-corrected chi connectivity index (χ0v) is 11.4. The maximum atomic E-state index is 10.8. The van der Waals surface area contributed by atoms with E-state index < -0.39 is 5.97 Å². The van der Waals surface area contributed by atoms with Crippen molar-refractivity contribution in [3.63, 3.8) is 0 Å². The second-order valence-electron chi connectivity index (χ2n) is 4.46. The quantitative estimate of drug-likeness (QED) is 0.887. The van der Waals surface area contributed by atoms with Gasteiger partial charge >= 0.3 is 5.97 Å².